The van der Waals surface area contributed by atoms with E-state index in [4.69, 9.17) is 0 Å². The topological polar surface area (TPSA) is 41.6 Å². The van der Waals surface area contributed by atoms with Crippen LogP contribution in [-0.4, -0.2) is 15.2 Å². The van der Waals surface area contributed by atoms with Crippen molar-refractivity contribution < 1.29 is 0 Å². The molecule has 3 heteroatoms. The molecule has 0 unspecified atom stereocenters. The van der Waals surface area contributed by atoms with Crippen LogP contribution in [0.25, 0.3) is 11.3 Å². The number of nitrogens with one attached hydrogen (secondary N) is 1. The fourth-order valence-electron chi connectivity index (χ4n) is 1.09. The Kier molecular flexibility index (Phi) is 7.76. The van der Waals surface area contributed by atoms with Gasteiger partial charge in [0.05, 0.1) is 5.69 Å². The van der Waals surface area contributed by atoms with Gasteiger partial charge in [-0.05, 0) is 25.1 Å². The predicted molar refractivity (Wildman–Crippen MR) is 69.3 cm³/mol. The molecule has 0 saturated heterocycles. The van der Waals surface area contributed by atoms with Crippen LogP contribution in [0.1, 0.15) is 33.4 Å². The molecule has 16 heavy (non-hydrogen) atoms. The molecular formula is C13H21N3. The second-order valence-electron chi connectivity index (χ2n) is 2.67. The molecule has 0 bridgehead atoms. The molecule has 0 amide bonds. The summed E-state index contributed by atoms with van der Waals surface area (Å²) in [6.07, 6.45) is 3.53. The zero-order chi connectivity index (χ0) is 12.4. The van der Waals surface area contributed by atoms with E-state index < -0.39 is 0 Å². The maximum atomic E-state index is 4.13. The van der Waals surface area contributed by atoms with Crippen LogP contribution in [0.5, 0.6) is 0 Å². The highest BCUT2D eigenvalue weighted by Gasteiger charge is 1.98. The second-order valence-corrected chi connectivity index (χ2v) is 2.67. The van der Waals surface area contributed by atoms with Gasteiger partial charge in [-0.3, -0.25) is 10.1 Å². The summed E-state index contributed by atoms with van der Waals surface area (Å²) < 4.78 is 0. The van der Waals surface area contributed by atoms with Crippen LogP contribution >= 0.6 is 0 Å². The molecule has 0 spiro atoms. The van der Waals surface area contributed by atoms with E-state index in [9.17, 15) is 0 Å². The van der Waals surface area contributed by atoms with Crippen LogP contribution < -0.4 is 0 Å². The number of rotatable bonds is 1. The van der Waals surface area contributed by atoms with Gasteiger partial charge in [0.1, 0.15) is 0 Å². The Bertz CT molecular complexity index is 366. The smallest absolute Gasteiger partial charge is 0.0924 e. The molecule has 3 nitrogen and oxygen atoms in total. The summed E-state index contributed by atoms with van der Waals surface area (Å²) in [6, 6.07) is 5.89. The minimum Gasteiger partial charge on any atom is -0.282 e. The predicted octanol–water partition coefficient (Wildman–Crippen LogP) is 3.83. The summed E-state index contributed by atoms with van der Waals surface area (Å²) in [5.41, 5.74) is 3.13. The number of hydrogen-bond donors (Lipinski definition) is 1. The van der Waals surface area contributed by atoms with E-state index >= 15 is 0 Å². The van der Waals surface area contributed by atoms with E-state index in [0.29, 0.717) is 0 Å². The SMILES string of the molecule is CC.CC.Cc1cc(-c2ccncc2)n[nH]1. The summed E-state index contributed by atoms with van der Waals surface area (Å²) in [6.45, 7) is 9.98. The van der Waals surface area contributed by atoms with Crippen molar-refractivity contribution in [1.29, 1.82) is 0 Å². The van der Waals surface area contributed by atoms with Crippen molar-refractivity contribution in [2.45, 2.75) is 34.6 Å². The minimum atomic E-state index is 0.968. The highest BCUT2D eigenvalue weighted by molar-refractivity contribution is 5.57. The monoisotopic (exact) mass is 219 g/mol. The molecule has 0 fully saturated rings. The molecule has 2 rings (SSSR count). The van der Waals surface area contributed by atoms with Gasteiger partial charge >= 0.3 is 0 Å². The second kappa shape index (κ2) is 8.65. The van der Waals surface area contributed by atoms with E-state index in [0.717, 1.165) is 17.0 Å². The lowest BCUT2D eigenvalue weighted by atomic mass is 10.2. The van der Waals surface area contributed by atoms with Gasteiger partial charge in [-0.1, -0.05) is 27.7 Å². The summed E-state index contributed by atoms with van der Waals surface area (Å²) in [5.74, 6) is 0. The van der Waals surface area contributed by atoms with Crippen LogP contribution in [0.15, 0.2) is 30.6 Å². The average molecular weight is 219 g/mol. The van der Waals surface area contributed by atoms with Gasteiger partial charge < -0.3 is 0 Å². The first kappa shape index (κ1) is 14.4. The van der Waals surface area contributed by atoms with E-state index in [-0.39, 0.29) is 0 Å². The minimum absolute atomic E-state index is 0.968. The average Bonchev–Trinajstić information content (AvgIpc) is 2.82. The normalized spacial score (nSPS) is 8.31. The lowest BCUT2D eigenvalue weighted by molar-refractivity contribution is 1.05. The summed E-state index contributed by atoms with van der Waals surface area (Å²) in [7, 11) is 0. The third-order valence-corrected chi connectivity index (χ3v) is 1.68. The van der Waals surface area contributed by atoms with Crippen molar-refractivity contribution in [3.05, 3.63) is 36.3 Å². The Labute approximate surface area is 97.9 Å². The fraction of sp³-hybridized carbons (Fsp3) is 0.385. The van der Waals surface area contributed by atoms with Gasteiger partial charge in [0, 0.05) is 23.7 Å². The zero-order valence-corrected chi connectivity index (χ0v) is 10.8. The van der Waals surface area contributed by atoms with Gasteiger partial charge in [-0.25, -0.2) is 0 Å². The molecule has 2 aromatic rings. The van der Waals surface area contributed by atoms with Crippen LogP contribution in [-0.2, 0) is 0 Å². The molecule has 2 aromatic heterocycles. The molecule has 88 valence electrons. The maximum Gasteiger partial charge on any atom is 0.0924 e. The van der Waals surface area contributed by atoms with Crippen LogP contribution in [0.4, 0.5) is 0 Å². The number of H-pyrrole nitrogens is 1. The number of nitrogens with zero attached hydrogens (tertiary/aromatic N) is 2. The standard InChI is InChI=1S/C9H9N3.2C2H6/c1-7-6-9(12-11-7)8-2-4-10-5-3-8;2*1-2/h2-6H,1H3,(H,11,12);2*1-2H3. The van der Waals surface area contributed by atoms with Gasteiger partial charge in [0.2, 0.25) is 0 Å². The first-order valence-corrected chi connectivity index (χ1v) is 5.78. The molecule has 2 heterocycles. The number of pyridine rings is 1. The van der Waals surface area contributed by atoms with Gasteiger partial charge in [0.25, 0.3) is 0 Å². The maximum absolute atomic E-state index is 4.13. The van der Waals surface area contributed by atoms with Crippen molar-refractivity contribution in [1.82, 2.24) is 15.2 Å². The van der Waals surface area contributed by atoms with E-state index in [1.807, 2.05) is 52.8 Å². The van der Waals surface area contributed by atoms with Crippen LogP contribution in [0.2, 0.25) is 0 Å². The van der Waals surface area contributed by atoms with Gasteiger partial charge in [0.15, 0.2) is 0 Å². The highest BCUT2D eigenvalue weighted by atomic mass is 15.1. The van der Waals surface area contributed by atoms with Crippen molar-refractivity contribution in [2.24, 2.45) is 0 Å². The molecule has 1 N–H and O–H groups in total. The number of hydrogen-bond acceptors (Lipinski definition) is 2. The van der Waals surface area contributed by atoms with Crippen molar-refractivity contribution in [2.75, 3.05) is 0 Å². The van der Waals surface area contributed by atoms with E-state index in [1.165, 1.54) is 0 Å². The Balaban J connectivity index is 0.000000509. The van der Waals surface area contributed by atoms with E-state index in [2.05, 4.69) is 15.2 Å². The number of aromatic nitrogens is 3. The first-order valence-electron chi connectivity index (χ1n) is 5.78. The molecule has 0 aromatic carbocycles. The third-order valence-electron chi connectivity index (χ3n) is 1.68. The zero-order valence-electron chi connectivity index (χ0n) is 10.8. The summed E-state index contributed by atoms with van der Waals surface area (Å²) in [5, 5.41) is 7.03. The quantitative estimate of drug-likeness (QED) is 0.792. The van der Waals surface area contributed by atoms with Gasteiger partial charge in [-0.15, -0.1) is 0 Å². The van der Waals surface area contributed by atoms with Crippen LogP contribution in [0, 0.1) is 6.92 Å². The fourth-order valence-corrected chi connectivity index (χ4v) is 1.09. The Morgan fingerprint density at radius 1 is 1.00 bits per heavy atom. The molecule has 0 aliphatic heterocycles. The number of aryl methyl sites for hydroxylation is 1. The van der Waals surface area contributed by atoms with Gasteiger partial charge in [-0.2, -0.15) is 5.10 Å². The lowest BCUT2D eigenvalue weighted by Gasteiger charge is -1.91. The molecule has 0 aliphatic carbocycles. The van der Waals surface area contributed by atoms with E-state index in [1.54, 1.807) is 12.4 Å². The molecular weight excluding hydrogens is 198 g/mol. The highest BCUT2D eigenvalue weighted by Crippen LogP contribution is 2.15. The van der Waals surface area contributed by atoms with Crippen molar-refractivity contribution in [3.8, 4) is 11.3 Å². The molecule has 0 saturated carbocycles. The molecule has 0 radical (unpaired) electrons. The van der Waals surface area contributed by atoms with Crippen molar-refractivity contribution >= 4 is 0 Å². The third kappa shape index (κ3) is 4.26. The van der Waals surface area contributed by atoms with Crippen molar-refractivity contribution in [3.63, 3.8) is 0 Å². The summed E-state index contributed by atoms with van der Waals surface area (Å²) in [4.78, 5) is 3.94. The van der Waals surface area contributed by atoms with Crippen LogP contribution in [0.3, 0.4) is 0 Å². The summed E-state index contributed by atoms with van der Waals surface area (Å²) >= 11 is 0. The number of aromatic amines is 1. The Morgan fingerprint density at radius 2 is 1.56 bits per heavy atom. The first-order chi connectivity index (χ1) is 7.86. The Hall–Kier alpha value is -1.64. The molecule has 0 aliphatic rings. The lowest BCUT2D eigenvalue weighted by Crippen LogP contribution is -1.77. The largest absolute Gasteiger partial charge is 0.282 e. The molecule has 0 atom stereocenters. The Morgan fingerprint density at radius 3 is 2.00 bits per heavy atom.